The summed E-state index contributed by atoms with van der Waals surface area (Å²) in [4.78, 5) is 15.8. The molecule has 1 fully saturated rings. The molecule has 28 heavy (non-hydrogen) atoms. The number of methoxy groups -OCH3 is 1. The van der Waals surface area contributed by atoms with E-state index in [1.165, 1.54) is 31.4 Å². The normalized spacial score (nSPS) is 19.8. The van der Waals surface area contributed by atoms with Crippen LogP contribution < -0.4 is 9.46 Å². The van der Waals surface area contributed by atoms with Crippen molar-refractivity contribution in [3.8, 4) is 5.88 Å². The van der Waals surface area contributed by atoms with E-state index in [2.05, 4.69) is 14.4 Å². The molecule has 1 aromatic heterocycles. The van der Waals surface area contributed by atoms with Gasteiger partial charge in [0.1, 0.15) is 6.10 Å². The maximum absolute atomic E-state index is 12.6. The van der Waals surface area contributed by atoms with Crippen LogP contribution in [-0.4, -0.2) is 38.6 Å². The number of ether oxygens (including phenoxy) is 2. The number of pyridine rings is 1. The molecule has 150 valence electrons. The first kappa shape index (κ1) is 20.3. The molecular weight excluding hydrogens is 380 g/mol. The maximum atomic E-state index is 12.6. The number of hydrogen-bond donors (Lipinski definition) is 1. The molecule has 7 nitrogen and oxygen atoms in total. The molecule has 1 N–H and O–H groups in total. The molecule has 1 aliphatic rings. The number of benzene rings is 1. The van der Waals surface area contributed by atoms with E-state index < -0.39 is 16.0 Å². The molecule has 3 rings (SSSR count). The van der Waals surface area contributed by atoms with Crippen molar-refractivity contribution in [1.82, 2.24) is 9.71 Å². The van der Waals surface area contributed by atoms with E-state index in [9.17, 15) is 13.2 Å². The van der Waals surface area contributed by atoms with Gasteiger partial charge in [0, 0.05) is 18.3 Å². The Kier molecular flexibility index (Phi) is 6.31. The highest BCUT2D eigenvalue weighted by Crippen LogP contribution is 2.24. The summed E-state index contributed by atoms with van der Waals surface area (Å²) in [5.74, 6) is 0.0959. The summed E-state index contributed by atoms with van der Waals surface area (Å²) >= 11 is 0. The number of carbonyl (C=O) groups is 1. The molecule has 0 atom stereocenters. The zero-order valence-electron chi connectivity index (χ0n) is 15.9. The lowest BCUT2D eigenvalue weighted by molar-refractivity contribution is 0.0600. The molecule has 0 aliphatic heterocycles. The van der Waals surface area contributed by atoms with Gasteiger partial charge >= 0.3 is 5.97 Å². The first-order valence-electron chi connectivity index (χ1n) is 9.17. The Morgan fingerprint density at radius 3 is 2.32 bits per heavy atom. The second kappa shape index (κ2) is 8.70. The maximum Gasteiger partial charge on any atom is 0.337 e. The minimum absolute atomic E-state index is 0.0373. The number of carbonyl (C=O) groups excluding carboxylic acids is 1. The van der Waals surface area contributed by atoms with Crippen LogP contribution in [0.3, 0.4) is 0 Å². The lowest BCUT2D eigenvalue weighted by Crippen LogP contribution is -2.39. The average molecular weight is 404 g/mol. The third-order valence-electron chi connectivity index (χ3n) is 4.75. The molecule has 0 bridgehead atoms. The fourth-order valence-corrected chi connectivity index (χ4v) is 4.47. The van der Waals surface area contributed by atoms with E-state index in [4.69, 9.17) is 4.74 Å². The molecule has 0 saturated heterocycles. The Morgan fingerprint density at radius 1 is 1.07 bits per heavy atom. The van der Waals surface area contributed by atoms with E-state index >= 15 is 0 Å². The molecule has 0 spiro atoms. The molecule has 1 aromatic carbocycles. The van der Waals surface area contributed by atoms with Crippen LogP contribution in [0.1, 0.15) is 41.6 Å². The number of sulfonamides is 1. The van der Waals surface area contributed by atoms with Gasteiger partial charge in [0.25, 0.3) is 0 Å². The number of aromatic nitrogens is 1. The van der Waals surface area contributed by atoms with E-state index in [0.717, 1.165) is 18.4 Å². The van der Waals surface area contributed by atoms with E-state index in [-0.39, 0.29) is 17.0 Å². The first-order valence-corrected chi connectivity index (χ1v) is 10.7. The lowest BCUT2D eigenvalue weighted by atomic mass is 9.94. The van der Waals surface area contributed by atoms with Gasteiger partial charge in [-0.05, 0) is 62.4 Å². The van der Waals surface area contributed by atoms with Gasteiger partial charge in [-0.15, -0.1) is 0 Å². The van der Waals surface area contributed by atoms with Crippen LogP contribution in [0.15, 0.2) is 47.5 Å². The van der Waals surface area contributed by atoms with Gasteiger partial charge < -0.3 is 9.47 Å². The Morgan fingerprint density at radius 2 is 1.75 bits per heavy atom. The van der Waals surface area contributed by atoms with Gasteiger partial charge in [-0.3, -0.25) is 0 Å². The van der Waals surface area contributed by atoms with Crippen LogP contribution in [0.25, 0.3) is 0 Å². The third kappa shape index (κ3) is 5.08. The number of esters is 1. The van der Waals surface area contributed by atoms with E-state index in [1.807, 2.05) is 19.1 Å². The van der Waals surface area contributed by atoms with Crippen LogP contribution in [0.4, 0.5) is 0 Å². The fourth-order valence-electron chi connectivity index (χ4n) is 3.17. The standard InChI is InChI=1S/C20H24N2O5S/c1-14-3-12-19(21-13-14)27-17-8-6-16(7-9-17)22-28(24,25)18-10-4-15(5-11-18)20(23)26-2/h3-5,10-13,16-17,22H,6-9H2,1-2H3. The predicted molar refractivity (Wildman–Crippen MR) is 104 cm³/mol. The van der Waals surface area contributed by atoms with Gasteiger partial charge in [0.2, 0.25) is 15.9 Å². The second-order valence-corrected chi connectivity index (χ2v) is 8.62. The van der Waals surface area contributed by atoms with Gasteiger partial charge in [-0.25, -0.2) is 22.9 Å². The van der Waals surface area contributed by atoms with Crippen molar-refractivity contribution >= 4 is 16.0 Å². The summed E-state index contributed by atoms with van der Waals surface area (Å²) in [5, 5.41) is 0. The number of rotatable bonds is 6. The number of nitrogens with zero attached hydrogens (tertiary/aromatic N) is 1. The van der Waals surface area contributed by atoms with Crippen molar-refractivity contribution in [2.24, 2.45) is 0 Å². The zero-order chi connectivity index (χ0) is 20.1. The number of hydrogen-bond acceptors (Lipinski definition) is 6. The molecule has 0 amide bonds. The number of aryl methyl sites for hydroxylation is 1. The summed E-state index contributed by atoms with van der Waals surface area (Å²) in [7, 11) is -2.36. The highest BCUT2D eigenvalue weighted by atomic mass is 32.2. The fraction of sp³-hybridized carbons (Fsp3) is 0.400. The molecule has 1 aliphatic carbocycles. The highest BCUT2D eigenvalue weighted by Gasteiger charge is 2.27. The second-order valence-electron chi connectivity index (χ2n) is 6.90. The monoisotopic (exact) mass is 404 g/mol. The first-order chi connectivity index (χ1) is 13.4. The van der Waals surface area contributed by atoms with Crippen molar-refractivity contribution < 1.29 is 22.7 Å². The molecule has 1 saturated carbocycles. The summed E-state index contributed by atoms with van der Waals surface area (Å²) in [6.45, 7) is 1.97. The van der Waals surface area contributed by atoms with E-state index in [0.29, 0.717) is 24.3 Å². The molecule has 1 heterocycles. The van der Waals surface area contributed by atoms with Crippen LogP contribution >= 0.6 is 0 Å². The largest absolute Gasteiger partial charge is 0.474 e. The smallest absolute Gasteiger partial charge is 0.337 e. The van der Waals surface area contributed by atoms with Crippen molar-refractivity contribution in [3.05, 3.63) is 53.7 Å². The quantitative estimate of drug-likeness (QED) is 0.744. The average Bonchev–Trinajstić information content (AvgIpc) is 2.70. The van der Waals surface area contributed by atoms with Crippen molar-refractivity contribution in [1.29, 1.82) is 0 Å². The number of nitrogens with one attached hydrogen (secondary N) is 1. The molecule has 0 radical (unpaired) electrons. The minimum Gasteiger partial charge on any atom is -0.474 e. The topological polar surface area (TPSA) is 94.6 Å². The van der Waals surface area contributed by atoms with Crippen LogP contribution in [-0.2, 0) is 14.8 Å². The molecule has 8 heteroatoms. The van der Waals surface area contributed by atoms with Crippen LogP contribution in [0, 0.1) is 6.92 Å². The molecular formula is C20H24N2O5S. The van der Waals surface area contributed by atoms with Crippen molar-refractivity contribution in [3.63, 3.8) is 0 Å². The highest BCUT2D eigenvalue weighted by molar-refractivity contribution is 7.89. The predicted octanol–water partition coefficient (Wildman–Crippen LogP) is 2.85. The summed E-state index contributed by atoms with van der Waals surface area (Å²) in [6.07, 6.45) is 4.69. The Labute approximate surface area is 165 Å². The SMILES string of the molecule is COC(=O)c1ccc(S(=O)(=O)NC2CCC(Oc3ccc(C)cn3)CC2)cc1. The minimum atomic E-state index is -3.65. The Bertz CT molecular complexity index is 903. The summed E-state index contributed by atoms with van der Waals surface area (Å²) in [5.41, 5.74) is 1.38. The van der Waals surface area contributed by atoms with Crippen molar-refractivity contribution in [2.45, 2.75) is 49.6 Å². The van der Waals surface area contributed by atoms with E-state index in [1.54, 1.807) is 6.20 Å². The van der Waals surface area contributed by atoms with Gasteiger partial charge in [0.15, 0.2) is 0 Å². The van der Waals surface area contributed by atoms with Crippen LogP contribution in [0.5, 0.6) is 5.88 Å². The Hall–Kier alpha value is -2.45. The lowest BCUT2D eigenvalue weighted by Gasteiger charge is -2.29. The molecule has 0 unspecified atom stereocenters. The van der Waals surface area contributed by atoms with Crippen molar-refractivity contribution in [2.75, 3.05) is 7.11 Å². The van der Waals surface area contributed by atoms with Gasteiger partial charge in [-0.2, -0.15) is 0 Å². The molecule has 2 aromatic rings. The summed E-state index contributed by atoms with van der Waals surface area (Å²) < 4.78 is 38.4. The van der Waals surface area contributed by atoms with Crippen LogP contribution in [0.2, 0.25) is 0 Å². The Balaban J connectivity index is 1.54. The summed E-state index contributed by atoms with van der Waals surface area (Å²) in [6, 6.07) is 9.37. The van der Waals surface area contributed by atoms with Gasteiger partial charge in [0.05, 0.1) is 17.6 Å². The zero-order valence-corrected chi connectivity index (χ0v) is 16.7. The third-order valence-corrected chi connectivity index (χ3v) is 6.29. The van der Waals surface area contributed by atoms with Gasteiger partial charge in [-0.1, -0.05) is 6.07 Å².